The van der Waals surface area contributed by atoms with Crippen molar-refractivity contribution in [3.63, 3.8) is 0 Å². The maximum Gasteiger partial charge on any atom is 0.420 e. The number of ether oxygens (including phenoxy) is 1. The molecule has 2 aromatic carbocycles. The zero-order valence-electron chi connectivity index (χ0n) is 10.4. The molecule has 102 valence electrons. The molecule has 0 atom stereocenters. The van der Waals surface area contributed by atoms with Gasteiger partial charge in [0.2, 0.25) is 0 Å². The van der Waals surface area contributed by atoms with Gasteiger partial charge in [-0.3, -0.25) is 4.79 Å². The molecule has 1 aliphatic carbocycles. The summed E-state index contributed by atoms with van der Waals surface area (Å²) >= 11 is 0. The monoisotopic (exact) mass is 278 g/mol. The summed E-state index contributed by atoms with van der Waals surface area (Å²) in [6.07, 6.45) is -4.57. The fraction of sp³-hybridized carbons (Fsp3) is 0.133. The SMILES string of the molecule is CC(=O)Oc1cc2c(cc1C(F)(F)F)-c1ccccc1-2. The van der Waals surface area contributed by atoms with Crippen LogP contribution in [0.1, 0.15) is 12.5 Å². The van der Waals surface area contributed by atoms with E-state index in [9.17, 15) is 18.0 Å². The van der Waals surface area contributed by atoms with E-state index in [-0.39, 0.29) is 0 Å². The van der Waals surface area contributed by atoms with Crippen LogP contribution >= 0.6 is 0 Å². The summed E-state index contributed by atoms with van der Waals surface area (Å²) < 4.78 is 43.8. The summed E-state index contributed by atoms with van der Waals surface area (Å²) in [7, 11) is 0. The highest BCUT2D eigenvalue weighted by Crippen LogP contribution is 2.51. The summed E-state index contributed by atoms with van der Waals surface area (Å²) in [6.45, 7) is 1.08. The van der Waals surface area contributed by atoms with Crippen LogP contribution in [0.25, 0.3) is 22.3 Å². The molecule has 0 heterocycles. The number of rotatable bonds is 1. The van der Waals surface area contributed by atoms with Gasteiger partial charge in [0.05, 0.1) is 5.56 Å². The van der Waals surface area contributed by atoms with Crippen molar-refractivity contribution in [2.75, 3.05) is 0 Å². The lowest BCUT2D eigenvalue weighted by atomic mass is 9.79. The van der Waals surface area contributed by atoms with Gasteiger partial charge in [-0.1, -0.05) is 24.3 Å². The Morgan fingerprint density at radius 2 is 1.55 bits per heavy atom. The molecule has 0 N–H and O–H groups in total. The number of fused-ring (bicyclic) bond motifs is 4. The van der Waals surface area contributed by atoms with E-state index in [1.807, 2.05) is 12.1 Å². The number of hydrogen-bond acceptors (Lipinski definition) is 2. The lowest BCUT2D eigenvalue weighted by Gasteiger charge is -2.26. The van der Waals surface area contributed by atoms with E-state index in [4.69, 9.17) is 4.74 Å². The fourth-order valence-corrected chi connectivity index (χ4v) is 2.38. The molecule has 0 saturated carbocycles. The lowest BCUT2D eigenvalue weighted by molar-refractivity contribution is -0.141. The summed E-state index contributed by atoms with van der Waals surface area (Å²) in [6, 6.07) is 9.49. The van der Waals surface area contributed by atoms with Crippen LogP contribution in [0.2, 0.25) is 0 Å². The van der Waals surface area contributed by atoms with Gasteiger partial charge in [-0.15, -0.1) is 0 Å². The highest BCUT2D eigenvalue weighted by Gasteiger charge is 2.37. The standard InChI is InChI=1S/C15H9F3O2/c1-8(19)20-14-7-12-10-5-3-2-4-9(10)11(12)6-13(14)15(16,17)18/h2-7H,1H3. The minimum atomic E-state index is -4.57. The van der Waals surface area contributed by atoms with Gasteiger partial charge in [0, 0.05) is 6.92 Å². The average molecular weight is 278 g/mol. The minimum Gasteiger partial charge on any atom is -0.426 e. The fourth-order valence-electron chi connectivity index (χ4n) is 2.38. The first-order valence-corrected chi connectivity index (χ1v) is 5.91. The van der Waals surface area contributed by atoms with Gasteiger partial charge in [0.1, 0.15) is 5.75 Å². The van der Waals surface area contributed by atoms with Crippen molar-refractivity contribution in [1.82, 2.24) is 0 Å². The van der Waals surface area contributed by atoms with E-state index in [2.05, 4.69) is 0 Å². The van der Waals surface area contributed by atoms with E-state index >= 15 is 0 Å². The van der Waals surface area contributed by atoms with Crippen LogP contribution in [-0.4, -0.2) is 5.97 Å². The number of carbonyl (C=O) groups is 1. The number of alkyl halides is 3. The van der Waals surface area contributed by atoms with Gasteiger partial charge >= 0.3 is 12.1 Å². The van der Waals surface area contributed by atoms with Crippen molar-refractivity contribution < 1.29 is 22.7 Å². The summed E-state index contributed by atoms with van der Waals surface area (Å²) in [5.41, 5.74) is 1.92. The third-order valence-corrected chi connectivity index (χ3v) is 3.19. The second kappa shape index (κ2) is 4.10. The first-order chi connectivity index (χ1) is 9.38. The molecular formula is C15H9F3O2. The molecule has 0 amide bonds. The van der Waals surface area contributed by atoms with Crippen LogP contribution < -0.4 is 4.74 Å². The molecule has 2 nitrogen and oxygen atoms in total. The molecule has 3 rings (SSSR count). The quantitative estimate of drug-likeness (QED) is 0.490. The van der Waals surface area contributed by atoms with Crippen molar-refractivity contribution >= 4 is 5.97 Å². The van der Waals surface area contributed by atoms with Crippen molar-refractivity contribution in [2.24, 2.45) is 0 Å². The lowest BCUT2D eigenvalue weighted by Crippen LogP contribution is -2.13. The van der Waals surface area contributed by atoms with Gasteiger partial charge in [-0.2, -0.15) is 13.2 Å². The molecule has 5 heteroatoms. The topological polar surface area (TPSA) is 26.3 Å². The molecule has 0 spiro atoms. The summed E-state index contributed by atoms with van der Waals surface area (Å²) in [5.74, 6) is -1.22. The molecule has 0 aliphatic heterocycles. The Morgan fingerprint density at radius 3 is 2.05 bits per heavy atom. The number of hydrogen-bond donors (Lipinski definition) is 0. The van der Waals surface area contributed by atoms with E-state index in [1.165, 1.54) is 6.07 Å². The maximum absolute atomic E-state index is 13.0. The van der Waals surface area contributed by atoms with Crippen LogP contribution in [0.5, 0.6) is 5.75 Å². The maximum atomic E-state index is 13.0. The normalized spacial score (nSPS) is 12.2. The van der Waals surface area contributed by atoms with Crippen molar-refractivity contribution in [3.8, 4) is 28.0 Å². The Hall–Kier alpha value is -2.30. The number of halogens is 3. The molecule has 0 radical (unpaired) electrons. The number of esters is 1. The molecule has 0 aromatic heterocycles. The minimum absolute atomic E-state index is 0.446. The van der Waals surface area contributed by atoms with E-state index in [1.54, 1.807) is 12.1 Å². The van der Waals surface area contributed by atoms with Crippen LogP contribution in [0.15, 0.2) is 36.4 Å². The van der Waals surface area contributed by atoms with Crippen LogP contribution in [0.4, 0.5) is 13.2 Å². The first kappa shape index (κ1) is 12.7. The summed E-state index contributed by atoms with van der Waals surface area (Å²) in [5, 5.41) is 0. The highest BCUT2D eigenvalue weighted by molar-refractivity contribution is 6.03. The third-order valence-electron chi connectivity index (χ3n) is 3.19. The first-order valence-electron chi connectivity index (χ1n) is 5.91. The molecular weight excluding hydrogens is 269 g/mol. The van der Waals surface area contributed by atoms with Gasteiger partial charge < -0.3 is 4.74 Å². The zero-order chi connectivity index (χ0) is 14.5. The predicted molar refractivity (Wildman–Crippen MR) is 67.2 cm³/mol. The Morgan fingerprint density at radius 1 is 1.00 bits per heavy atom. The van der Waals surface area contributed by atoms with Gasteiger partial charge in [-0.25, -0.2) is 0 Å². The van der Waals surface area contributed by atoms with Crippen LogP contribution in [-0.2, 0) is 11.0 Å². The Kier molecular flexibility index (Phi) is 2.61. The largest absolute Gasteiger partial charge is 0.426 e. The van der Waals surface area contributed by atoms with Crippen molar-refractivity contribution in [3.05, 3.63) is 42.0 Å². The smallest absolute Gasteiger partial charge is 0.420 e. The molecule has 0 bridgehead atoms. The predicted octanol–water partition coefficient (Wildman–Crippen LogP) is 4.28. The van der Waals surface area contributed by atoms with E-state index < -0.39 is 23.5 Å². The van der Waals surface area contributed by atoms with Crippen LogP contribution in [0, 0.1) is 0 Å². The number of carbonyl (C=O) groups excluding carboxylic acids is 1. The van der Waals surface area contributed by atoms with Crippen molar-refractivity contribution in [2.45, 2.75) is 13.1 Å². The highest BCUT2D eigenvalue weighted by atomic mass is 19.4. The molecule has 0 saturated heterocycles. The summed E-state index contributed by atoms with van der Waals surface area (Å²) in [4.78, 5) is 11.0. The van der Waals surface area contributed by atoms with Crippen LogP contribution in [0.3, 0.4) is 0 Å². The second-order valence-electron chi connectivity index (χ2n) is 4.53. The van der Waals surface area contributed by atoms with Gasteiger partial charge in [0.25, 0.3) is 0 Å². The Labute approximate surface area is 112 Å². The molecule has 20 heavy (non-hydrogen) atoms. The Balaban J connectivity index is 2.17. The number of benzene rings is 2. The average Bonchev–Trinajstić information content (AvgIpc) is 2.34. The van der Waals surface area contributed by atoms with E-state index in [0.29, 0.717) is 11.1 Å². The molecule has 1 aliphatic rings. The molecule has 0 unspecified atom stereocenters. The Bertz CT molecular complexity index is 718. The molecule has 2 aromatic rings. The van der Waals surface area contributed by atoms with Gasteiger partial charge in [-0.05, 0) is 34.4 Å². The van der Waals surface area contributed by atoms with Gasteiger partial charge in [0.15, 0.2) is 0 Å². The van der Waals surface area contributed by atoms with Crippen molar-refractivity contribution in [1.29, 1.82) is 0 Å². The third kappa shape index (κ3) is 1.86. The van der Waals surface area contributed by atoms with E-state index in [0.717, 1.165) is 24.1 Å². The zero-order valence-corrected chi connectivity index (χ0v) is 10.4. The second-order valence-corrected chi connectivity index (χ2v) is 4.53. The molecule has 0 fully saturated rings.